The summed E-state index contributed by atoms with van der Waals surface area (Å²) in [6.45, 7) is 2.38. The fraction of sp³-hybridized carbons (Fsp3) is 0.500. The normalized spacial score (nSPS) is 39.5. The van der Waals surface area contributed by atoms with Crippen LogP contribution in [-0.2, 0) is 12.0 Å². The molecule has 2 unspecified atom stereocenters. The lowest BCUT2D eigenvalue weighted by Gasteiger charge is -2.45. The summed E-state index contributed by atoms with van der Waals surface area (Å²) in [6.07, 6.45) is 5.88. The van der Waals surface area contributed by atoms with Crippen molar-refractivity contribution in [2.75, 3.05) is 13.3 Å². The van der Waals surface area contributed by atoms with E-state index >= 15 is 0 Å². The highest BCUT2D eigenvalue weighted by Gasteiger charge is 2.53. The van der Waals surface area contributed by atoms with Crippen LogP contribution in [-0.4, -0.2) is 35.5 Å². The summed E-state index contributed by atoms with van der Waals surface area (Å²) >= 11 is 0. The minimum atomic E-state index is -0.302. The molecule has 0 saturated carbocycles. The average Bonchev–Trinajstić information content (AvgIpc) is 3.00. The molecular weight excluding hydrogens is 254 g/mol. The molecule has 4 nitrogen and oxygen atoms in total. The number of hydrogen-bond donors (Lipinski definition) is 1. The van der Waals surface area contributed by atoms with E-state index < -0.39 is 0 Å². The first-order chi connectivity index (χ1) is 9.76. The van der Waals surface area contributed by atoms with Gasteiger partial charge in [-0.1, -0.05) is 12.2 Å². The van der Waals surface area contributed by atoms with Crippen LogP contribution in [0.25, 0.3) is 0 Å². The molecule has 1 aromatic rings. The Balaban J connectivity index is 1.74. The Morgan fingerprint density at radius 1 is 1.25 bits per heavy atom. The predicted molar refractivity (Wildman–Crippen MR) is 72.8 cm³/mol. The van der Waals surface area contributed by atoms with Gasteiger partial charge in [-0.3, -0.25) is 4.90 Å². The quantitative estimate of drug-likeness (QED) is 0.727. The maximum atomic E-state index is 9.95. The smallest absolute Gasteiger partial charge is 0.231 e. The Bertz CT molecular complexity index is 626. The van der Waals surface area contributed by atoms with Crippen LogP contribution in [0.1, 0.15) is 24.0 Å². The van der Waals surface area contributed by atoms with Crippen molar-refractivity contribution >= 4 is 0 Å². The second-order valence-corrected chi connectivity index (χ2v) is 6.30. The van der Waals surface area contributed by atoms with E-state index in [1.807, 2.05) is 6.08 Å². The largest absolute Gasteiger partial charge is 0.454 e. The molecule has 4 atom stereocenters. The van der Waals surface area contributed by atoms with E-state index in [0.29, 0.717) is 12.8 Å². The number of aliphatic hydroxyl groups excluding tert-OH is 1. The van der Waals surface area contributed by atoms with Crippen molar-refractivity contribution in [2.24, 2.45) is 0 Å². The molecule has 20 heavy (non-hydrogen) atoms. The van der Waals surface area contributed by atoms with Gasteiger partial charge in [-0.05, 0) is 36.1 Å². The molecule has 0 aromatic heterocycles. The van der Waals surface area contributed by atoms with Gasteiger partial charge in [-0.2, -0.15) is 0 Å². The molecule has 0 spiro atoms. The highest BCUT2D eigenvalue weighted by Crippen LogP contribution is 2.53. The molecule has 0 amide bonds. The summed E-state index contributed by atoms with van der Waals surface area (Å²) in [4.78, 5) is 2.51. The number of aliphatic hydroxyl groups is 1. The van der Waals surface area contributed by atoms with Gasteiger partial charge in [0.1, 0.15) is 0 Å². The molecule has 3 aliphatic heterocycles. The van der Waals surface area contributed by atoms with Gasteiger partial charge in [0.15, 0.2) is 11.5 Å². The number of benzene rings is 1. The van der Waals surface area contributed by atoms with Crippen LogP contribution in [0.4, 0.5) is 0 Å². The van der Waals surface area contributed by atoms with Crippen molar-refractivity contribution in [3.63, 3.8) is 0 Å². The molecular formula is C16H17NO3. The van der Waals surface area contributed by atoms with E-state index in [1.54, 1.807) is 0 Å². The first-order valence-electron chi connectivity index (χ1n) is 7.31. The van der Waals surface area contributed by atoms with Gasteiger partial charge in [-0.15, -0.1) is 0 Å². The van der Waals surface area contributed by atoms with E-state index in [-0.39, 0.29) is 11.5 Å². The van der Waals surface area contributed by atoms with E-state index in [9.17, 15) is 5.11 Å². The second-order valence-electron chi connectivity index (χ2n) is 6.30. The van der Waals surface area contributed by atoms with Crippen LogP contribution in [0.2, 0.25) is 0 Å². The molecule has 2 bridgehead atoms. The van der Waals surface area contributed by atoms with E-state index in [4.69, 9.17) is 9.47 Å². The second kappa shape index (κ2) is 3.57. The van der Waals surface area contributed by atoms with Crippen molar-refractivity contribution in [1.82, 2.24) is 4.90 Å². The monoisotopic (exact) mass is 271 g/mol. The fourth-order valence-electron chi connectivity index (χ4n) is 4.48. The van der Waals surface area contributed by atoms with E-state index in [2.05, 4.69) is 23.1 Å². The summed E-state index contributed by atoms with van der Waals surface area (Å²) in [6, 6.07) is 4.75. The van der Waals surface area contributed by atoms with Crippen molar-refractivity contribution in [3.8, 4) is 11.5 Å². The number of nitrogens with zero attached hydrogens (tertiary/aromatic N) is 1. The zero-order chi connectivity index (χ0) is 13.3. The Hall–Kier alpha value is -1.52. The topological polar surface area (TPSA) is 41.9 Å². The molecule has 3 heterocycles. The zero-order valence-corrected chi connectivity index (χ0v) is 11.2. The highest BCUT2D eigenvalue weighted by molar-refractivity contribution is 5.55. The highest BCUT2D eigenvalue weighted by atomic mass is 16.7. The van der Waals surface area contributed by atoms with Gasteiger partial charge in [0.2, 0.25) is 6.79 Å². The Labute approximate surface area is 117 Å². The van der Waals surface area contributed by atoms with Crippen LogP contribution in [0, 0.1) is 0 Å². The van der Waals surface area contributed by atoms with Gasteiger partial charge < -0.3 is 14.6 Å². The lowest BCUT2D eigenvalue weighted by atomic mass is 9.66. The molecule has 0 radical (unpaired) electrons. The first kappa shape index (κ1) is 11.2. The average molecular weight is 271 g/mol. The van der Waals surface area contributed by atoms with Crippen LogP contribution in [0.5, 0.6) is 11.5 Å². The molecule has 4 heteroatoms. The molecule has 1 fully saturated rings. The summed E-state index contributed by atoms with van der Waals surface area (Å²) in [5.74, 6) is 1.75. The van der Waals surface area contributed by atoms with Crippen LogP contribution >= 0.6 is 0 Å². The third-order valence-corrected chi connectivity index (χ3v) is 5.40. The predicted octanol–water partition coefficient (Wildman–Crippen LogP) is 1.56. The maximum Gasteiger partial charge on any atom is 0.231 e. The Kier molecular flexibility index (Phi) is 1.99. The van der Waals surface area contributed by atoms with Gasteiger partial charge in [-0.25, -0.2) is 0 Å². The van der Waals surface area contributed by atoms with Crippen molar-refractivity contribution in [2.45, 2.75) is 36.9 Å². The van der Waals surface area contributed by atoms with Crippen LogP contribution in [0.15, 0.2) is 24.3 Å². The van der Waals surface area contributed by atoms with Gasteiger partial charge in [0, 0.05) is 24.5 Å². The summed E-state index contributed by atoms with van der Waals surface area (Å²) in [5, 5.41) is 9.95. The molecule has 5 rings (SSSR count). The van der Waals surface area contributed by atoms with Crippen molar-refractivity contribution in [1.29, 1.82) is 0 Å². The zero-order valence-electron chi connectivity index (χ0n) is 11.2. The molecule has 1 aliphatic carbocycles. The Morgan fingerprint density at radius 2 is 2.10 bits per heavy atom. The third-order valence-electron chi connectivity index (χ3n) is 5.40. The van der Waals surface area contributed by atoms with Gasteiger partial charge >= 0.3 is 0 Å². The van der Waals surface area contributed by atoms with Gasteiger partial charge in [0.05, 0.1) is 6.10 Å². The lowest BCUT2D eigenvalue weighted by molar-refractivity contribution is 0.110. The molecule has 1 aromatic carbocycles. The number of hydrogen-bond acceptors (Lipinski definition) is 4. The number of ether oxygens (including phenoxy) is 2. The third kappa shape index (κ3) is 1.24. The summed E-state index contributed by atoms with van der Waals surface area (Å²) < 4.78 is 11.1. The summed E-state index contributed by atoms with van der Waals surface area (Å²) in [5.41, 5.74) is 2.79. The fourth-order valence-corrected chi connectivity index (χ4v) is 4.48. The lowest BCUT2D eigenvalue weighted by Crippen LogP contribution is -2.49. The van der Waals surface area contributed by atoms with E-state index in [0.717, 1.165) is 37.4 Å². The van der Waals surface area contributed by atoms with Crippen molar-refractivity contribution in [3.05, 3.63) is 35.4 Å². The number of rotatable bonds is 0. The van der Waals surface area contributed by atoms with Crippen molar-refractivity contribution < 1.29 is 14.6 Å². The summed E-state index contributed by atoms with van der Waals surface area (Å²) in [7, 11) is 0. The minimum Gasteiger partial charge on any atom is -0.454 e. The molecule has 1 N–H and O–H groups in total. The van der Waals surface area contributed by atoms with E-state index in [1.165, 1.54) is 11.1 Å². The Morgan fingerprint density at radius 3 is 3.00 bits per heavy atom. The van der Waals surface area contributed by atoms with Gasteiger partial charge in [0.25, 0.3) is 0 Å². The molecule has 4 aliphatic rings. The number of fused-ring (bicyclic) bond motifs is 2. The maximum absolute atomic E-state index is 9.95. The minimum absolute atomic E-state index is 0.0633. The van der Waals surface area contributed by atoms with Crippen LogP contribution in [0.3, 0.4) is 0 Å². The first-order valence-corrected chi connectivity index (χ1v) is 7.31. The SMILES string of the molecule is OC1C=C[C@]23CCN(Cc4cc5c(cc42)OCO5)[C@H]3C1. The molecule has 1 saturated heterocycles. The van der Waals surface area contributed by atoms with Crippen LogP contribution < -0.4 is 9.47 Å². The standard InChI is InChI=1S/C16H17NO3/c18-11-1-2-16-3-4-17(15(16)6-11)8-10-5-13-14(7-12(10)16)20-9-19-13/h1-2,5,7,11,15,18H,3-4,6,8-9H2/t11?,15-,16-/m0/s1. The molecule has 104 valence electrons.